The maximum Gasteiger partial charge on any atom is 4.00 e. The van der Waals surface area contributed by atoms with E-state index in [9.17, 15) is 0 Å². The molecule has 1 aliphatic rings. The van der Waals surface area contributed by atoms with Crippen molar-refractivity contribution in [1.82, 2.24) is 0 Å². The normalized spacial score (nSPS) is 16.7. The fourth-order valence-corrected chi connectivity index (χ4v) is 11.8. The zero-order chi connectivity index (χ0) is 23.3. The number of hydrogen-bond donors (Lipinski definition) is 0. The molecule has 36 heavy (non-hydrogen) atoms. The molecule has 188 valence electrons. The summed E-state index contributed by atoms with van der Waals surface area (Å²) in [7, 11) is -2.56. The van der Waals surface area contributed by atoms with Crippen LogP contribution < -0.4 is 52.8 Å². The minimum absolute atomic E-state index is 0. The molecule has 0 heterocycles. The third-order valence-corrected chi connectivity index (χ3v) is 13.2. The van der Waals surface area contributed by atoms with Crippen LogP contribution in [0, 0.1) is 33.8 Å². The molecule has 0 nitrogen and oxygen atoms in total. The van der Waals surface area contributed by atoms with E-state index in [2.05, 4.69) is 128 Å². The van der Waals surface area contributed by atoms with Crippen molar-refractivity contribution < 1.29 is 58.9 Å². The Hall–Kier alpha value is -1.06. The van der Waals surface area contributed by atoms with E-state index in [-0.39, 0.29) is 64.0 Å². The number of allylic oxidation sites excluding steroid dienone is 4. The van der Waals surface area contributed by atoms with Gasteiger partial charge in [0.15, 0.2) is 0 Å². The molecule has 0 amide bonds. The molecule has 0 bridgehead atoms. The Kier molecular flexibility index (Phi) is 12.8. The van der Waals surface area contributed by atoms with E-state index in [1.165, 1.54) is 54.5 Å². The standard InChI is InChI=1S/C31H35Si.3ClH.Ti/c1-21-9-13-28(14-10-21)32(29-15-11-22(2)12-16-29,30-18-23(3)17-24(4)19-30)31(8)20-25(5)26(6)27(31)7;;;;/h9-19H,1-8H3;3*1H;/q-1;;;;+4/p-3. The van der Waals surface area contributed by atoms with Crippen LogP contribution in [-0.2, 0) is 21.7 Å². The van der Waals surface area contributed by atoms with E-state index in [4.69, 9.17) is 0 Å². The van der Waals surface area contributed by atoms with Crippen LogP contribution in [-0.4, -0.2) is 8.07 Å². The van der Waals surface area contributed by atoms with Crippen molar-refractivity contribution in [2.24, 2.45) is 0 Å². The quantitative estimate of drug-likeness (QED) is 0.176. The predicted octanol–water partition coefficient (Wildman–Crippen LogP) is -2.74. The van der Waals surface area contributed by atoms with Gasteiger partial charge >= 0.3 is 21.7 Å². The predicted molar refractivity (Wildman–Crippen MR) is 142 cm³/mol. The largest absolute Gasteiger partial charge is 4.00 e. The van der Waals surface area contributed by atoms with Crippen LogP contribution in [0.2, 0.25) is 5.04 Å². The van der Waals surface area contributed by atoms with Crippen molar-refractivity contribution in [3.63, 3.8) is 0 Å². The molecule has 0 spiro atoms. The first kappa shape index (κ1) is 34.9. The number of aryl methyl sites for hydroxylation is 4. The van der Waals surface area contributed by atoms with Gasteiger partial charge in [0.05, 0.1) is 0 Å². The molecule has 1 aliphatic carbocycles. The van der Waals surface area contributed by atoms with Gasteiger partial charge in [0.25, 0.3) is 0 Å². The minimum atomic E-state index is -2.56. The van der Waals surface area contributed by atoms with Crippen molar-refractivity contribution in [1.29, 1.82) is 0 Å². The first-order valence-corrected chi connectivity index (χ1v) is 13.6. The van der Waals surface area contributed by atoms with E-state index in [0.29, 0.717) is 0 Å². The van der Waals surface area contributed by atoms with Crippen LogP contribution in [0.3, 0.4) is 0 Å². The summed E-state index contributed by atoms with van der Waals surface area (Å²) in [6.07, 6.45) is 4.04. The average Bonchev–Trinajstić information content (AvgIpc) is 2.94. The molecule has 1 atom stereocenters. The average molecular weight is 590 g/mol. The van der Waals surface area contributed by atoms with Gasteiger partial charge in [0, 0.05) is 0 Å². The van der Waals surface area contributed by atoms with Crippen LogP contribution in [0.5, 0.6) is 0 Å². The molecular formula is C31H35Cl3SiTi. The summed E-state index contributed by atoms with van der Waals surface area (Å²) >= 11 is 0. The summed E-state index contributed by atoms with van der Waals surface area (Å²) in [5, 5.41) is 4.20. The molecule has 0 N–H and O–H groups in total. The van der Waals surface area contributed by atoms with Crippen molar-refractivity contribution >= 4 is 23.6 Å². The molecule has 0 saturated heterocycles. The van der Waals surface area contributed by atoms with Crippen molar-refractivity contribution in [3.8, 4) is 0 Å². The molecular weight excluding hydrogens is 555 g/mol. The molecule has 0 aliphatic heterocycles. The molecule has 4 rings (SSSR count). The van der Waals surface area contributed by atoms with Gasteiger partial charge in [-0.25, -0.2) is 5.57 Å². The zero-order valence-corrected chi connectivity index (χ0v) is 27.3. The van der Waals surface area contributed by atoms with Crippen LogP contribution in [0.25, 0.3) is 0 Å². The van der Waals surface area contributed by atoms with Gasteiger partial charge in [-0.3, -0.25) is 6.08 Å². The van der Waals surface area contributed by atoms with Gasteiger partial charge < -0.3 is 37.2 Å². The molecule has 3 aromatic carbocycles. The van der Waals surface area contributed by atoms with E-state index in [1.807, 2.05) is 0 Å². The van der Waals surface area contributed by atoms with Gasteiger partial charge in [-0.2, -0.15) is 11.1 Å². The van der Waals surface area contributed by atoms with Crippen LogP contribution in [0.4, 0.5) is 0 Å². The summed E-state index contributed by atoms with van der Waals surface area (Å²) in [6, 6.07) is 25.9. The Morgan fingerprint density at radius 1 is 0.556 bits per heavy atom. The number of benzene rings is 3. The van der Waals surface area contributed by atoms with Gasteiger partial charge in [0.2, 0.25) is 0 Å². The Morgan fingerprint density at radius 3 is 1.28 bits per heavy atom. The number of rotatable bonds is 4. The number of hydrogen-bond acceptors (Lipinski definition) is 0. The van der Waals surface area contributed by atoms with Crippen molar-refractivity contribution in [2.45, 2.75) is 60.4 Å². The molecule has 3 aromatic rings. The third kappa shape index (κ3) is 5.68. The van der Waals surface area contributed by atoms with E-state index in [0.717, 1.165) is 0 Å². The Morgan fingerprint density at radius 2 is 0.944 bits per heavy atom. The molecule has 1 unspecified atom stereocenters. The summed E-state index contributed by atoms with van der Waals surface area (Å²) in [5.74, 6) is 0. The van der Waals surface area contributed by atoms with Crippen LogP contribution >= 0.6 is 0 Å². The first-order chi connectivity index (χ1) is 15.1. The SMILES string of the molecule is CC1=[C-]C(C)([Si](c2ccc(C)cc2)(c2ccc(C)cc2)c2cc(C)cc(C)c2)C(C)=C1C.[Cl-].[Cl-].[Cl-].[Ti+4]. The van der Waals surface area contributed by atoms with Crippen molar-refractivity contribution in [2.75, 3.05) is 0 Å². The Bertz CT molecular complexity index is 1180. The maximum atomic E-state index is 4.04. The van der Waals surface area contributed by atoms with E-state index < -0.39 is 8.07 Å². The molecule has 0 fully saturated rings. The van der Waals surface area contributed by atoms with Gasteiger partial charge in [-0.15, -0.1) is 6.92 Å². The smallest absolute Gasteiger partial charge is 1.00 e. The van der Waals surface area contributed by atoms with E-state index >= 15 is 0 Å². The Labute approximate surface area is 253 Å². The molecule has 0 radical (unpaired) electrons. The van der Waals surface area contributed by atoms with E-state index in [1.54, 1.807) is 0 Å². The van der Waals surface area contributed by atoms with Crippen LogP contribution in [0.1, 0.15) is 49.9 Å². The topological polar surface area (TPSA) is 0 Å². The zero-order valence-electron chi connectivity index (χ0n) is 22.5. The monoisotopic (exact) mass is 588 g/mol. The summed E-state index contributed by atoms with van der Waals surface area (Å²) in [4.78, 5) is 0. The van der Waals surface area contributed by atoms with Crippen LogP contribution in [0.15, 0.2) is 83.4 Å². The fraction of sp³-hybridized carbons (Fsp3) is 0.290. The minimum Gasteiger partial charge on any atom is -1.00 e. The Balaban J connectivity index is 0.00000306. The second-order valence-electron chi connectivity index (χ2n) is 9.98. The summed E-state index contributed by atoms with van der Waals surface area (Å²) in [5.41, 5.74) is 9.42. The van der Waals surface area contributed by atoms with Gasteiger partial charge in [-0.1, -0.05) is 115 Å². The summed E-state index contributed by atoms with van der Waals surface area (Å²) in [6.45, 7) is 18.1. The molecule has 0 aromatic heterocycles. The molecule has 0 saturated carbocycles. The number of halogens is 3. The third-order valence-electron chi connectivity index (χ3n) is 7.69. The second-order valence-corrected chi connectivity index (χ2v) is 14.2. The molecule has 5 heteroatoms. The van der Waals surface area contributed by atoms with Gasteiger partial charge in [0.1, 0.15) is 8.07 Å². The van der Waals surface area contributed by atoms with Gasteiger partial charge in [-0.05, 0) is 43.3 Å². The second kappa shape index (κ2) is 13.1. The fourth-order valence-electron chi connectivity index (χ4n) is 5.76. The van der Waals surface area contributed by atoms with Crippen molar-refractivity contribution in [3.05, 3.63) is 112 Å². The first-order valence-electron chi connectivity index (χ1n) is 11.6. The maximum absolute atomic E-state index is 4.04. The summed E-state index contributed by atoms with van der Waals surface area (Å²) < 4.78 is 0.